The summed E-state index contributed by atoms with van der Waals surface area (Å²) in [6.45, 7) is 1.77. The molecule has 1 aromatic carbocycles. The Labute approximate surface area is 144 Å². The molecule has 0 spiro atoms. The van der Waals surface area contributed by atoms with Crippen molar-refractivity contribution in [3.05, 3.63) is 28.3 Å². The van der Waals surface area contributed by atoms with E-state index in [0.29, 0.717) is 23.4 Å². The van der Waals surface area contributed by atoms with Crippen LogP contribution in [0.3, 0.4) is 0 Å². The van der Waals surface area contributed by atoms with Crippen LogP contribution in [0.1, 0.15) is 32.1 Å². The molecule has 1 aliphatic heterocycles. The van der Waals surface area contributed by atoms with Crippen LogP contribution < -0.4 is 10.1 Å². The fourth-order valence-corrected chi connectivity index (χ4v) is 3.55. The molecule has 0 bridgehead atoms. The molecule has 126 valence electrons. The SMILES string of the molecule is Cl.O=[N+]([O-])c1ccc2sc(OCCCC3CCCCN3)nc2c1. The topological polar surface area (TPSA) is 77.3 Å². The maximum Gasteiger partial charge on any atom is 0.274 e. The molecule has 0 saturated carbocycles. The van der Waals surface area contributed by atoms with Gasteiger partial charge in [0.25, 0.3) is 10.9 Å². The second-order valence-corrected chi connectivity index (χ2v) is 6.52. The van der Waals surface area contributed by atoms with Gasteiger partial charge in [0.05, 0.1) is 21.7 Å². The first-order valence-corrected chi connectivity index (χ1v) is 8.45. The molecule has 3 rings (SSSR count). The van der Waals surface area contributed by atoms with Crippen LogP contribution in [-0.4, -0.2) is 29.1 Å². The van der Waals surface area contributed by atoms with Gasteiger partial charge >= 0.3 is 0 Å². The van der Waals surface area contributed by atoms with E-state index in [9.17, 15) is 10.1 Å². The highest BCUT2D eigenvalue weighted by Gasteiger charge is 2.13. The molecule has 0 aliphatic carbocycles. The molecule has 1 N–H and O–H groups in total. The first-order chi connectivity index (χ1) is 10.7. The second kappa shape index (κ2) is 8.42. The van der Waals surface area contributed by atoms with Gasteiger partial charge in [-0.1, -0.05) is 17.8 Å². The van der Waals surface area contributed by atoms with Gasteiger partial charge in [0.15, 0.2) is 0 Å². The molecule has 1 fully saturated rings. The minimum absolute atomic E-state index is 0. The Kier molecular flexibility index (Phi) is 6.56. The minimum Gasteiger partial charge on any atom is -0.470 e. The van der Waals surface area contributed by atoms with Gasteiger partial charge in [0.2, 0.25) is 0 Å². The van der Waals surface area contributed by atoms with Crippen molar-refractivity contribution >= 4 is 39.6 Å². The molecular formula is C15H20ClN3O3S. The van der Waals surface area contributed by atoms with Crippen LogP contribution in [0.5, 0.6) is 5.19 Å². The lowest BCUT2D eigenvalue weighted by Crippen LogP contribution is -2.34. The Balaban J connectivity index is 0.00000192. The minimum atomic E-state index is -0.406. The molecule has 1 aromatic heterocycles. The number of fused-ring (bicyclic) bond motifs is 1. The highest BCUT2D eigenvalue weighted by Crippen LogP contribution is 2.30. The monoisotopic (exact) mass is 357 g/mol. The van der Waals surface area contributed by atoms with Crippen molar-refractivity contribution in [2.24, 2.45) is 0 Å². The van der Waals surface area contributed by atoms with E-state index in [1.54, 1.807) is 6.07 Å². The van der Waals surface area contributed by atoms with E-state index < -0.39 is 4.92 Å². The number of non-ortho nitro benzene ring substituents is 1. The number of hydrogen-bond donors (Lipinski definition) is 1. The van der Waals surface area contributed by atoms with Gasteiger partial charge in [-0.05, 0) is 38.3 Å². The maximum atomic E-state index is 10.8. The molecule has 1 aliphatic rings. The van der Waals surface area contributed by atoms with E-state index in [-0.39, 0.29) is 18.1 Å². The summed E-state index contributed by atoms with van der Waals surface area (Å²) in [5.41, 5.74) is 0.691. The molecule has 6 nitrogen and oxygen atoms in total. The molecule has 1 atom stereocenters. The first kappa shape index (κ1) is 17.9. The number of halogens is 1. The Hall–Kier alpha value is -1.44. The third kappa shape index (κ3) is 4.76. The summed E-state index contributed by atoms with van der Waals surface area (Å²) < 4.78 is 6.60. The molecule has 8 heteroatoms. The van der Waals surface area contributed by atoms with Gasteiger partial charge < -0.3 is 10.1 Å². The van der Waals surface area contributed by atoms with Crippen molar-refractivity contribution in [2.75, 3.05) is 13.2 Å². The summed E-state index contributed by atoms with van der Waals surface area (Å²) in [7, 11) is 0. The first-order valence-electron chi connectivity index (χ1n) is 7.63. The summed E-state index contributed by atoms with van der Waals surface area (Å²) in [6, 6.07) is 5.34. The van der Waals surface area contributed by atoms with Gasteiger partial charge in [-0.2, -0.15) is 0 Å². The third-order valence-electron chi connectivity index (χ3n) is 3.90. The summed E-state index contributed by atoms with van der Waals surface area (Å²) in [4.78, 5) is 14.7. The average molecular weight is 358 g/mol. The number of thiazole rings is 1. The largest absolute Gasteiger partial charge is 0.470 e. The smallest absolute Gasteiger partial charge is 0.274 e. The lowest BCUT2D eigenvalue weighted by molar-refractivity contribution is -0.384. The van der Waals surface area contributed by atoms with Crippen LogP contribution in [0.25, 0.3) is 10.2 Å². The number of hydrogen-bond acceptors (Lipinski definition) is 6. The number of nitro benzene ring substituents is 1. The molecule has 0 amide bonds. The van der Waals surface area contributed by atoms with Crippen LogP contribution in [0, 0.1) is 10.1 Å². The lowest BCUT2D eigenvalue weighted by atomic mass is 10.0. The van der Waals surface area contributed by atoms with E-state index in [1.807, 2.05) is 0 Å². The lowest BCUT2D eigenvalue weighted by Gasteiger charge is -2.23. The zero-order valence-electron chi connectivity index (χ0n) is 12.7. The zero-order valence-corrected chi connectivity index (χ0v) is 14.3. The summed E-state index contributed by atoms with van der Waals surface area (Å²) in [5, 5.41) is 14.9. The van der Waals surface area contributed by atoms with Crippen molar-refractivity contribution in [2.45, 2.75) is 38.1 Å². The number of ether oxygens (including phenoxy) is 1. The van der Waals surface area contributed by atoms with Crippen molar-refractivity contribution in [1.29, 1.82) is 0 Å². The maximum absolute atomic E-state index is 10.8. The number of benzene rings is 1. The van der Waals surface area contributed by atoms with Crippen LogP contribution >= 0.6 is 23.7 Å². The van der Waals surface area contributed by atoms with Crippen molar-refractivity contribution in [3.8, 4) is 5.19 Å². The van der Waals surface area contributed by atoms with Crippen molar-refractivity contribution in [1.82, 2.24) is 10.3 Å². The zero-order chi connectivity index (χ0) is 15.4. The normalized spacial score (nSPS) is 17.7. The predicted octanol–water partition coefficient (Wildman–Crippen LogP) is 3.93. The highest BCUT2D eigenvalue weighted by molar-refractivity contribution is 7.20. The number of nitro groups is 1. The van der Waals surface area contributed by atoms with Gasteiger partial charge in [-0.3, -0.25) is 10.1 Å². The molecule has 0 radical (unpaired) electrons. The molecule has 2 heterocycles. The van der Waals surface area contributed by atoms with E-state index in [1.165, 1.54) is 42.7 Å². The molecular weight excluding hydrogens is 338 g/mol. The summed E-state index contributed by atoms with van der Waals surface area (Å²) in [6.07, 6.45) is 5.97. The number of nitrogens with zero attached hydrogens (tertiary/aromatic N) is 2. The van der Waals surface area contributed by atoms with Crippen LogP contribution in [0.4, 0.5) is 5.69 Å². The Bertz CT molecular complexity index is 658. The van der Waals surface area contributed by atoms with E-state index in [4.69, 9.17) is 4.74 Å². The Morgan fingerprint density at radius 1 is 1.43 bits per heavy atom. The predicted molar refractivity (Wildman–Crippen MR) is 93.9 cm³/mol. The standard InChI is InChI=1S/C15H19N3O3S.ClH/c19-18(20)12-6-7-14-13(10-12)17-15(22-14)21-9-3-5-11-4-1-2-8-16-11;/h6-7,10-11,16H,1-5,8-9H2;1H. The van der Waals surface area contributed by atoms with E-state index >= 15 is 0 Å². The summed E-state index contributed by atoms with van der Waals surface area (Å²) >= 11 is 1.43. The van der Waals surface area contributed by atoms with Gasteiger partial charge in [-0.15, -0.1) is 12.4 Å². The number of piperidine rings is 1. The van der Waals surface area contributed by atoms with Crippen molar-refractivity contribution in [3.63, 3.8) is 0 Å². The molecule has 1 saturated heterocycles. The Morgan fingerprint density at radius 3 is 3.04 bits per heavy atom. The average Bonchev–Trinajstić information content (AvgIpc) is 2.94. The number of aromatic nitrogens is 1. The molecule has 23 heavy (non-hydrogen) atoms. The van der Waals surface area contributed by atoms with Crippen LogP contribution in [0.2, 0.25) is 0 Å². The van der Waals surface area contributed by atoms with Gasteiger partial charge in [0.1, 0.15) is 0 Å². The van der Waals surface area contributed by atoms with Crippen molar-refractivity contribution < 1.29 is 9.66 Å². The second-order valence-electron chi connectivity index (χ2n) is 5.53. The fourth-order valence-electron chi connectivity index (χ4n) is 2.73. The molecule has 2 aromatic rings. The van der Waals surface area contributed by atoms with E-state index in [0.717, 1.165) is 24.1 Å². The van der Waals surface area contributed by atoms with Crippen LogP contribution in [-0.2, 0) is 0 Å². The number of nitrogens with one attached hydrogen (secondary N) is 1. The third-order valence-corrected chi connectivity index (χ3v) is 4.85. The number of rotatable bonds is 6. The van der Waals surface area contributed by atoms with Gasteiger partial charge in [-0.25, -0.2) is 4.98 Å². The van der Waals surface area contributed by atoms with Gasteiger partial charge in [0, 0.05) is 18.2 Å². The highest BCUT2D eigenvalue weighted by atomic mass is 35.5. The van der Waals surface area contributed by atoms with E-state index in [2.05, 4.69) is 10.3 Å². The quantitative estimate of drug-likeness (QED) is 0.481. The fraction of sp³-hybridized carbons (Fsp3) is 0.533. The Morgan fingerprint density at radius 2 is 2.30 bits per heavy atom. The van der Waals surface area contributed by atoms with Crippen LogP contribution in [0.15, 0.2) is 18.2 Å². The molecule has 1 unspecified atom stereocenters. The summed E-state index contributed by atoms with van der Waals surface area (Å²) in [5.74, 6) is 0.